The first-order valence-corrected chi connectivity index (χ1v) is 4.97. The lowest BCUT2D eigenvalue weighted by atomic mass is 10.2. The lowest BCUT2D eigenvalue weighted by Crippen LogP contribution is -2.07. The van der Waals surface area contributed by atoms with Gasteiger partial charge in [-0.15, -0.1) is 10.2 Å². The Bertz CT molecular complexity index is 697. The Kier molecular flexibility index (Phi) is 2.12. The Morgan fingerprint density at radius 1 is 1.11 bits per heavy atom. The first kappa shape index (κ1) is 10.8. The predicted octanol–water partition coefficient (Wildman–Crippen LogP) is 2.37. The second-order valence-corrected chi connectivity index (χ2v) is 3.65. The number of fused-ring (bicyclic) bond motifs is 1. The second-order valence-electron chi connectivity index (χ2n) is 3.65. The summed E-state index contributed by atoms with van der Waals surface area (Å²) in [6.45, 7) is 0. The number of hydrogen-bond donors (Lipinski definition) is 2. The fourth-order valence-corrected chi connectivity index (χ4v) is 1.60. The molecule has 0 saturated carbocycles. The maximum atomic E-state index is 12.4. The van der Waals surface area contributed by atoms with Crippen molar-refractivity contribution in [2.75, 3.05) is 0 Å². The van der Waals surface area contributed by atoms with Crippen molar-refractivity contribution in [1.82, 2.24) is 25.1 Å². The van der Waals surface area contributed by atoms with Crippen LogP contribution in [0.1, 0.15) is 5.82 Å². The minimum absolute atomic E-state index is 0.0622. The van der Waals surface area contributed by atoms with Crippen LogP contribution in [0.2, 0.25) is 0 Å². The predicted molar refractivity (Wildman–Crippen MR) is 56.5 cm³/mol. The average molecular weight is 253 g/mol. The quantitative estimate of drug-likeness (QED) is 0.699. The standard InChI is InChI=1S/C10H6F3N5/c11-10(12,13)9-16-8(17-18-9)5-1-2-6-7(3-5)15-4-14-6/h1-4H,(H,14,15)(H,16,17,18). The van der Waals surface area contributed by atoms with E-state index < -0.39 is 12.0 Å². The van der Waals surface area contributed by atoms with Gasteiger partial charge in [-0.25, -0.2) is 4.98 Å². The summed E-state index contributed by atoms with van der Waals surface area (Å²) in [4.78, 5) is 9.05. The maximum absolute atomic E-state index is 12.4. The number of aromatic amines is 2. The second kappa shape index (κ2) is 3.56. The average Bonchev–Trinajstić information content (AvgIpc) is 2.96. The molecule has 0 aliphatic heterocycles. The molecule has 0 amide bonds. The third-order valence-corrected chi connectivity index (χ3v) is 2.45. The molecule has 1 aromatic carbocycles. The molecular formula is C10H6F3N5. The van der Waals surface area contributed by atoms with Crippen LogP contribution in [-0.4, -0.2) is 25.1 Å². The molecule has 8 heteroatoms. The van der Waals surface area contributed by atoms with E-state index in [1.165, 1.54) is 6.33 Å². The molecule has 2 heterocycles. The molecule has 0 atom stereocenters. The molecular weight excluding hydrogens is 247 g/mol. The smallest absolute Gasteiger partial charge is 0.345 e. The lowest BCUT2D eigenvalue weighted by Gasteiger charge is -1.99. The molecule has 5 nitrogen and oxygen atoms in total. The zero-order valence-corrected chi connectivity index (χ0v) is 8.78. The zero-order chi connectivity index (χ0) is 12.8. The first-order valence-electron chi connectivity index (χ1n) is 4.97. The van der Waals surface area contributed by atoms with Crippen LogP contribution in [0, 0.1) is 0 Å². The maximum Gasteiger partial charge on any atom is 0.451 e. The molecule has 0 aliphatic carbocycles. The Morgan fingerprint density at radius 2 is 1.94 bits per heavy atom. The molecule has 0 fully saturated rings. The third kappa shape index (κ3) is 1.71. The van der Waals surface area contributed by atoms with Gasteiger partial charge in [0.2, 0.25) is 5.82 Å². The number of nitrogens with one attached hydrogen (secondary N) is 2. The van der Waals surface area contributed by atoms with E-state index in [4.69, 9.17) is 0 Å². The molecule has 0 saturated heterocycles. The number of alkyl halides is 3. The molecule has 3 rings (SSSR count). The number of imidazole rings is 1. The van der Waals surface area contributed by atoms with Gasteiger partial charge in [-0.3, -0.25) is 0 Å². The molecule has 0 radical (unpaired) electrons. The van der Waals surface area contributed by atoms with Crippen molar-refractivity contribution in [2.24, 2.45) is 0 Å². The van der Waals surface area contributed by atoms with E-state index in [1.54, 1.807) is 18.2 Å². The highest BCUT2D eigenvalue weighted by molar-refractivity contribution is 5.79. The highest BCUT2D eigenvalue weighted by Gasteiger charge is 2.35. The molecule has 18 heavy (non-hydrogen) atoms. The largest absolute Gasteiger partial charge is 0.451 e. The Hall–Kier alpha value is -2.38. The molecule has 0 aliphatic rings. The normalized spacial score (nSPS) is 12.2. The summed E-state index contributed by atoms with van der Waals surface area (Å²) < 4.78 is 37.1. The Morgan fingerprint density at radius 3 is 2.67 bits per heavy atom. The van der Waals surface area contributed by atoms with E-state index in [0.717, 1.165) is 5.52 Å². The molecule has 2 N–H and O–H groups in total. The van der Waals surface area contributed by atoms with Crippen LogP contribution in [0.25, 0.3) is 22.4 Å². The minimum Gasteiger partial charge on any atom is -0.345 e. The van der Waals surface area contributed by atoms with Gasteiger partial charge in [-0.2, -0.15) is 13.2 Å². The topological polar surface area (TPSA) is 70.2 Å². The fraction of sp³-hybridized carbons (Fsp3) is 0.100. The van der Waals surface area contributed by atoms with E-state index in [9.17, 15) is 13.2 Å². The number of halogens is 3. The zero-order valence-electron chi connectivity index (χ0n) is 8.78. The van der Waals surface area contributed by atoms with E-state index in [-0.39, 0.29) is 5.82 Å². The van der Waals surface area contributed by atoms with Crippen LogP contribution < -0.4 is 0 Å². The van der Waals surface area contributed by atoms with Crippen molar-refractivity contribution in [3.63, 3.8) is 0 Å². The summed E-state index contributed by atoms with van der Waals surface area (Å²) in [5.41, 5.74) is 1.95. The van der Waals surface area contributed by atoms with Gasteiger partial charge in [-0.05, 0) is 18.2 Å². The van der Waals surface area contributed by atoms with Gasteiger partial charge >= 0.3 is 6.18 Å². The van der Waals surface area contributed by atoms with Crippen LogP contribution >= 0.6 is 0 Å². The van der Waals surface area contributed by atoms with Gasteiger partial charge in [0.05, 0.1) is 17.4 Å². The van der Waals surface area contributed by atoms with Crippen LogP contribution in [-0.2, 0) is 6.18 Å². The van der Waals surface area contributed by atoms with Gasteiger partial charge in [0.1, 0.15) is 0 Å². The molecule has 3 aromatic rings. The highest BCUT2D eigenvalue weighted by atomic mass is 19.4. The summed E-state index contributed by atoms with van der Waals surface area (Å²) in [7, 11) is 0. The van der Waals surface area contributed by atoms with E-state index in [1.807, 2.05) is 0 Å². The Balaban J connectivity index is 2.06. The summed E-state index contributed by atoms with van der Waals surface area (Å²) in [6, 6.07) is 4.99. The van der Waals surface area contributed by atoms with Gasteiger partial charge in [0.25, 0.3) is 0 Å². The molecule has 0 unspecified atom stereocenters. The number of H-pyrrole nitrogens is 2. The van der Waals surface area contributed by atoms with Gasteiger partial charge in [0, 0.05) is 5.56 Å². The van der Waals surface area contributed by atoms with Crippen molar-refractivity contribution in [1.29, 1.82) is 0 Å². The SMILES string of the molecule is FC(F)(F)c1nnc(-c2ccc3[nH]cnc3c2)[nH]1. The summed E-state index contributed by atoms with van der Waals surface area (Å²) in [5, 5.41) is 6.55. The molecule has 2 aromatic heterocycles. The van der Waals surface area contributed by atoms with Crippen LogP contribution in [0.3, 0.4) is 0 Å². The molecule has 0 spiro atoms. The third-order valence-electron chi connectivity index (χ3n) is 2.45. The number of nitrogens with zero attached hydrogens (tertiary/aromatic N) is 3. The molecule has 92 valence electrons. The lowest BCUT2D eigenvalue weighted by molar-refractivity contribution is -0.144. The molecule has 0 bridgehead atoms. The van der Waals surface area contributed by atoms with Gasteiger partial charge in [-0.1, -0.05) is 0 Å². The number of hydrogen-bond acceptors (Lipinski definition) is 3. The van der Waals surface area contributed by atoms with Crippen molar-refractivity contribution >= 4 is 11.0 Å². The Labute approximate surface area is 98.1 Å². The number of rotatable bonds is 1. The summed E-state index contributed by atoms with van der Waals surface area (Å²) in [6.07, 6.45) is -3.02. The number of benzene rings is 1. The number of aromatic nitrogens is 5. The van der Waals surface area contributed by atoms with Gasteiger partial charge < -0.3 is 9.97 Å². The van der Waals surface area contributed by atoms with Crippen molar-refractivity contribution < 1.29 is 13.2 Å². The fourth-order valence-electron chi connectivity index (χ4n) is 1.60. The monoisotopic (exact) mass is 253 g/mol. The van der Waals surface area contributed by atoms with Crippen molar-refractivity contribution in [2.45, 2.75) is 6.18 Å². The van der Waals surface area contributed by atoms with Crippen LogP contribution in [0.15, 0.2) is 24.5 Å². The van der Waals surface area contributed by atoms with E-state index in [0.29, 0.717) is 11.1 Å². The van der Waals surface area contributed by atoms with Crippen LogP contribution in [0.4, 0.5) is 13.2 Å². The minimum atomic E-state index is -4.53. The van der Waals surface area contributed by atoms with E-state index in [2.05, 4.69) is 25.1 Å². The first-order chi connectivity index (χ1) is 8.54. The summed E-state index contributed by atoms with van der Waals surface area (Å²) in [5.74, 6) is -1.05. The van der Waals surface area contributed by atoms with Crippen molar-refractivity contribution in [3.05, 3.63) is 30.4 Å². The van der Waals surface area contributed by atoms with E-state index >= 15 is 0 Å². The summed E-state index contributed by atoms with van der Waals surface area (Å²) >= 11 is 0. The van der Waals surface area contributed by atoms with Crippen molar-refractivity contribution in [3.8, 4) is 11.4 Å². The van der Waals surface area contributed by atoms with Crippen LogP contribution in [0.5, 0.6) is 0 Å². The highest BCUT2D eigenvalue weighted by Crippen LogP contribution is 2.28. The van der Waals surface area contributed by atoms with Gasteiger partial charge in [0.15, 0.2) is 5.82 Å².